The molecule has 0 aromatic carbocycles. The SMILES string of the molecule is CSCCC(C#N)NC(C)C. The molecule has 0 spiro atoms. The fourth-order valence-corrected chi connectivity index (χ4v) is 1.29. The minimum absolute atomic E-state index is 0.0300. The highest BCUT2D eigenvalue weighted by Crippen LogP contribution is 2.00. The van der Waals surface area contributed by atoms with Gasteiger partial charge in [0.1, 0.15) is 0 Å². The lowest BCUT2D eigenvalue weighted by molar-refractivity contribution is 0.522. The Hall–Kier alpha value is -0.200. The normalized spacial score (nSPS) is 13.0. The molecule has 0 saturated carbocycles. The smallest absolute Gasteiger partial charge is 0.0962 e. The minimum Gasteiger partial charge on any atom is -0.300 e. The lowest BCUT2D eigenvalue weighted by atomic mass is 10.2. The average Bonchev–Trinajstić information content (AvgIpc) is 1.97. The Labute approximate surface area is 73.4 Å². The summed E-state index contributed by atoms with van der Waals surface area (Å²) in [6, 6.07) is 2.68. The van der Waals surface area contributed by atoms with Crippen LogP contribution in [0.25, 0.3) is 0 Å². The zero-order valence-electron chi connectivity index (χ0n) is 7.42. The summed E-state index contributed by atoms with van der Waals surface area (Å²) < 4.78 is 0. The standard InChI is InChI=1S/C8H16N2S/c1-7(2)10-8(6-9)4-5-11-3/h7-8,10H,4-5H2,1-3H3. The Bertz CT molecular complexity index is 129. The molecule has 0 saturated heterocycles. The second-order valence-electron chi connectivity index (χ2n) is 2.78. The van der Waals surface area contributed by atoms with Gasteiger partial charge < -0.3 is 0 Å². The number of rotatable bonds is 5. The molecule has 1 N–H and O–H groups in total. The average molecular weight is 172 g/mol. The maximum absolute atomic E-state index is 8.68. The van der Waals surface area contributed by atoms with Crippen molar-refractivity contribution in [2.24, 2.45) is 0 Å². The van der Waals surface area contributed by atoms with Crippen LogP contribution in [0.4, 0.5) is 0 Å². The zero-order valence-corrected chi connectivity index (χ0v) is 8.24. The van der Waals surface area contributed by atoms with Crippen LogP contribution in [-0.2, 0) is 0 Å². The number of nitrogens with one attached hydrogen (secondary N) is 1. The highest BCUT2D eigenvalue weighted by Gasteiger charge is 2.06. The van der Waals surface area contributed by atoms with Gasteiger partial charge in [0.25, 0.3) is 0 Å². The van der Waals surface area contributed by atoms with Crippen molar-refractivity contribution in [3.63, 3.8) is 0 Å². The van der Waals surface area contributed by atoms with Gasteiger partial charge in [-0.2, -0.15) is 17.0 Å². The Balaban J connectivity index is 3.52. The molecular weight excluding hydrogens is 156 g/mol. The van der Waals surface area contributed by atoms with E-state index < -0.39 is 0 Å². The van der Waals surface area contributed by atoms with Gasteiger partial charge in [-0.25, -0.2) is 0 Å². The molecule has 0 aliphatic heterocycles. The van der Waals surface area contributed by atoms with Crippen LogP contribution in [0.1, 0.15) is 20.3 Å². The van der Waals surface area contributed by atoms with Gasteiger partial charge in [0.15, 0.2) is 0 Å². The molecule has 1 atom stereocenters. The van der Waals surface area contributed by atoms with Crippen molar-refractivity contribution in [1.29, 1.82) is 5.26 Å². The summed E-state index contributed by atoms with van der Waals surface area (Å²) in [6.07, 6.45) is 3.00. The molecule has 64 valence electrons. The largest absolute Gasteiger partial charge is 0.300 e. The van der Waals surface area contributed by atoms with Gasteiger partial charge in [0.2, 0.25) is 0 Å². The molecule has 0 amide bonds. The molecule has 0 fully saturated rings. The third-order valence-corrected chi connectivity index (χ3v) is 1.94. The first-order valence-corrected chi connectivity index (χ1v) is 5.24. The van der Waals surface area contributed by atoms with Crippen LogP contribution in [0, 0.1) is 11.3 Å². The molecule has 0 aromatic rings. The van der Waals surface area contributed by atoms with Crippen molar-refractivity contribution in [3.05, 3.63) is 0 Å². The van der Waals surface area contributed by atoms with E-state index >= 15 is 0 Å². The zero-order chi connectivity index (χ0) is 8.69. The second-order valence-corrected chi connectivity index (χ2v) is 3.77. The van der Waals surface area contributed by atoms with E-state index in [1.807, 2.05) is 0 Å². The van der Waals surface area contributed by atoms with E-state index in [2.05, 4.69) is 31.5 Å². The second kappa shape index (κ2) is 6.51. The van der Waals surface area contributed by atoms with Crippen LogP contribution in [-0.4, -0.2) is 24.1 Å². The molecule has 1 unspecified atom stereocenters. The quantitative estimate of drug-likeness (QED) is 0.684. The van der Waals surface area contributed by atoms with Gasteiger partial charge in [-0.15, -0.1) is 0 Å². The lowest BCUT2D eigenvalue weighted by Gasteiger charge is -2.13. The van der Waals surface area contributed by atoms with Crippen LogP contribution < -0.4 is 5.32 Å². The third-order valence-electron chi connectivity index (χ3n) is 1.30. The number of hydrogen-bond donors (Lipinski definition) is 1. The monoisotopic (exact) mass is 172 g/mol. The summed E-state index contributed by atoms with van der Waals surface area (Å²) in [6.45, 7) is 4.12. The van der Waals surface area contributed by atoms with Crippen molar-refractivity contribution in [3.8, 4) is 6.07 Å². The first kappa shape index (κ1) is 10.8. The molecule has 11 heavy (non-hydrogen) atoms. The minimum atomic E-state index is 0.0300. The van der Waals surface area contributed by atoms with Crippen molar-refractivity contribution >= 4 is 11.8 Å². The van der Waals surface area contributed by atoms with Gasteiger partial charge in [-0.05, 0) is 32.3 Å². The Morgan fingerprint density at radius 2 is 2.18 bits per heavy atom. The molecule has 0 bridgehead atoms. The summed E-state index contributed by atoms with van der Waals surface area (Å²) in [5, 5.41) is 11.9. The molecule has 0 aromatic heterocycles. The van der Waals surface area contributed by atoms with E-state index in [-0.39, 0.29) is 6.04 Å². The van der Waals surface area contributed by atoms with Crippen molar-refractivity contribution in [1.82, 2.24) is 5.32 Å². The Morgan fingerprint density at radius 1 is 1.55 bits per heavy atom. The van der Waals surface area contributed by atoms with E-state index in [9.17, 15) is 0 Å². The highest BCUT2D eigenvalue weighted by atomic mass is 32.2. The summed E-state index contributed by atoms with van der Waals surface area (Å²) in [7, 11) is 0. The summed E-state index contributed by atoms with van der Waals surface area (Å²) in [5.74, 6) is 1.05. The van der Waals surface area contributed by atoms with E-state index in [0.717, 1.165) is 12.2 Å². The molecule has 3 heteroatoms. The van der Waals surface area contributed by atoms with E-state index in [0.29, 0.717) is 6.04 Å². The topological polar surface area (TPSA) is 35.8 Å². The molecular formula is C8H16N2S. The molecule has 2 nitrogen and oxygen atoms in total. The number of thioether (sulfide) groups is 1. The number of nitrogens with zero attached hydrogens (tertiary/aromatic N) is 1. The van der Waals surface area contributed by atoms with Gasteiger partial charge in [-0.3, -0.25) is 5.32 Å². The maximum Gasteiger partial charge on any atom is 0.0962 e. The first-order valence-electron chi connectivity index (χ1n) is 3.85. The summed E-state index contributed by atoms with van der Waals surface area (Å²) in [4.78, 5) is 0. The van der Waals surface area contributed by atoms with Gasteiger partial charge in [0, 0.05) is 6.04 Å². The Morgan fingerprint density at radius 3 is 2.55 bits per heavy atom. The van der Waals surface area contributed by atoms with Crippen LogP contribution in [0.15, 0.2) is 0 Å². The predicted octanol–water partition coefficient (Wildman–Crippen LogP) is 1.63. The van der Waals surface area contributed by atoms with Crippen LogP contribution in [0.2, 0.25) is 0 Å². The van der Waals surface area contributed by atoms with E-state index in [4.69, 9.17) is 5.26 Å². The Kier molecular flexibility index (Phi) is 6.39. The summed E-state index contributed by atoms with van der Waals surface area (Å²) >= 11 is 1.78. The highest BCUT2D eigenvalue weighted by molar-refractivity contribution is 7.98. The molecule has 0 rings (SSSR count). The third kappa shape index (κ3) is 6.21. The van der Waals surface area contributed by atoms with Gasteiger partial charge in [0.05, 0.1) is 12.1 Å². The molecule has 0 aliphatic carbocycles. The van der Waals surface area contributed by atoms with Crippen LogP contribution >= 0.6 is 11.8 Å². The van der Waals surface area contributed by atoms with Crippen molar-refractivity contribution < 1.29 is 0 Å². The molecule has 0 aliphatic rings. The van der Waals surface area contributed by atoms with Crippen molar-refractivity contribution in [2.75, 3.05) is 12.0 Å². The van der Waals surface area contributed by atoms with E-state index in [1.54, 1.807) is 11.8 Å². The fraction of sp³-hybridized carbons (Fsp3) is 0.875. The maximum atomic E-state index is 8.68. The van der Waals surface area contributed by atoms with Gasteiger partial charge >= 0.3 is 0 Å². The first-order chi connectivity index (χ1) is 5.20. The van der Waals surface area contributed by atoms with E-state index in [1.165, 1.54) is 0 Å². The lowest BCUT2D eigenvalue weighted by Crippen LogP contribution is -2.33. The predicted molar refractivity (Wildman–Crippen MR) is 50.7 cm³/mol. The van der Waals surface area contributed by atoms with Crippen LogP contribution in [0.5, 0.6) is 0 Å². The van der Waals surface area contributed by atoms with Gasteiger partial charge in [-0.1, -0.05) is 0 Å². The molecule has 0 radical (unpaired) electrons. The molecule has 0 heterocycles. The fourth-order valence-electron chi connectivity index (χ4n) is 0.823. The van der Waals surface area contributed by atoms with Crippen LogP contribution in [0.3, 0.4) is 0 Å². The number of nitriles is 1. The van der Waals surface area contributed by atoms with Crippen molar-refractivity contribution in [2.45, 2.75) is 32.4 Å². The number of hydrogen-bond acceptors (Lipinski definition) is 3. The summed E-state index contributed by atoms with van der Waals surface area (Å²) in [5.41, 5.74) is 0.